The zero-order chi connectivity index (χ0) is 15.1. The van der Waals surface area contributed by atoms with E-state index in [2.05, 4.69) is 13.0 Å². The van der Waals surface area contributed by atoms with E-state index in [-0.39, 0.29) is 6.61 Å². The van der Waals surface area contributed by atoms with E-state index < -0.39 is 7.82 Å². The third-order valence-electron chi connectivity index (χ3n) is 2.79. The summed E-state index contributed by atoms with van der Waals surface area (Å²) in [5, 5.41) is 0. The molecule has 0 amide bonds. The Bertz CT molecular complexity index is 269. The smallest absolute Gasteiger partial charge is 0.287 e. The van der Waals surface area contributed by atoms with Gasteiger partial charge in [-0.05, 0) is 26.7 Å². The molecule has 0 fully saturated rings. The molecule has 0 N–H and O–H groups in total. The van der Waals surface area contributed by atoms with Crippen molar-refractivity contribution in [3.63, 3.8) is 0 Å². The monoisotopic (exact) mass is 306 g/mol. The number of allylic oxidation sites excluding steroid dienone is 1. The van der Waals surface area contributed by atoms with Crippen molar-refractivity contribution in [2.24, 2.45) is 0 Å². The van der Waals surface area contributed by atoms with Gasteiger partial charge in [0, 0.05) is 0 Å². The standard InChI is InChI=1S/C15H31O4P/c1-4-7-8-9-10-11-12-13-14-15-19-20(16,17-5-2)18-6-3/h13-14H,4-12,15H2,1-3H3/b14-13-. The molecule has 0 aromatic carbocycles. The highest BCUT2D eigenvalue weighted by Crippen LogP contribution is 2.49. The van der Waals surface area contributed by atoms with Gasteiger partial charge in [-0.3, -0.25) is 13.6 Å². The molecule has 0 bridgehead atoms. The first-order valence-electron chi connectivity index (χ1n) is 7.87. The molecule has 0 aliphatic heterocycles. The van der Waals surface area contributed by atoms with Crippen molar-refractivity contribution in [3.8, 4) is 0 Å². The normalized spacial score (nSPS) is 12.3. The molecule has 0 spiro atoms. The quantitative estimate of drug-likeness (QED) is 0.242. The molecule has 4 nitrogen and oxygen atoms in total. The zero-order valence-electron chi connectivity index (χ0n) is 13.3. The fraction of sp³-hybridized carbons (Fsp3) is 0.867. The van der Waals surface area contributed by atoms with Crippen LogP contribution in [0.3, 0.4) is 0 Å². The van der Waals surface area contributed by atoms with E-state index in [4.69, 9.17) is 13.6 Å². The van der Waals surface area contributed by atoms with Crippen molar-refractivity contribution in [2.45, 2.75) is 65.7 Å². The van der Waals surface area contributed by atoms with Crippen LogP contribution in [0, 0.1) is 0 Å². The van der Waals surface area contributed by atoms with E-state index in [1.807, 2.05) is 6.08 Å². The Morgan fingerprint density at radius 2 is 1.40 bits per heavy atom. The molecule has 0 aliphatic carbocycles. The first kappa shape index (κ1) is 19.9. The molecular weight excluding hydrogens is 275 g/mol. The highest BCUT2D eigenvalue weighted by molar-refractivity contribution is 7.48. The van der Waals surface area contributed by atoms with Gasteiger partial charge in [0.2, 0.25) is 0 Å². The zero-order valence-corrected chi connectivity index (χ0v) is 14.2. The van der Waals surface area contributed by atoms with Crippen LogP contribution in [-0.4, -0.2) is 19.8 Å². The fourth-order valence-corrected chi connectivity index (χ4v) is 2.92. The van der Waals surface area contributed by atoms with Crippen LogP contribution in [0.25, 0.3) is 0 Å². The molecule has 5 heteroatoms. The average molecular weight is 306 g/mol. The van der Waals surface area contributed by atoms with Crippen molar-refractivity contribution in [2.75, 3.05) is 19.8 Å². The van der Waals surface area contributed by atoms with Crippen molar-refractivity contribution >= 4 is 7.82 Å². The van der Waals surface area contributed by atoms with E-state index in [1.165, 1.54) is 38.5 Å². The van der Waals surface area contributed by atoms with Crippen molar-refractivity contribution in [3.05, 3.63) is 12.2 Å². The van der Waals surface area contributed by atoms with E-state index in [9.17, 15) is 4.57 Å². The number of hydrogen-bond acceptors (Lipinski definition) is 4. The lowest BCUT2D eigenvalue weighted by molar-refractivity contribution is 0.131. The third kappa shape index (κ3) is 11.7. The molecule has 120 valence electrons. The lowest BCUT2D eigenvalue weighted by atomic mass is 10.1. The van der Waals surface area contributed by atoms with Crippen LogP contribution >= 0.6 is 7.82 Å². The Morgan fingerprint density at radius 1 is 0.800 bits per heavy atom. The molecule has 0 saturated heterocycles. The van der Waals surface area contributed by atoms with Gasteiger partial charge < -0.3 is 0 Å². The molecule has 0 aromatic heterocycles. The highest BCUT2D eigenvalue weighted by Gasteiger charge is 2.24. The van der Waals surface area contributed by atoms with E-state index in [0.29, 0.717) is 13.2 Å². The molecule has 0 aromatic rings. The number of rotatable bonds is 14. The predicted octanol–water partition coefficient (Wildman–Crippen LogP) is 5.49. The Hall–Kier alpha value is -0.150. The molecule has 20 heavy (non-hydrogen) atoms. The van der Waals surface area contributed by atoms with Crippen LogP contribution in [0.5, 0.6) is 0 Å². The number of phosphoric ester groups is 1. The van der Waals surface area contributed by atoms with E-state index in [0.717, 1.165) is 6.42 Å². The largest absolute Gasteiger partial charge is 0.475 e. The minimum atomic E-state index is -3.34. The van der Waals surface area contributed by atoms with E-state index >= 15 is 0 Å². The summed E-state index contributed by atoms with van der Waals surface area (Å²) in [4.78, 5) is 0. The highest BCUT2D eigenvalue weighted by atomic mass is 31.2. The summed E-state index contributed by atoms with van der Waals surface area (Å²) in [6, 6.07) is 0. The van der Waals surface area contributed by atoms with Crippen LogP contribution in [0.15, 0.2) is 12.2 Å². The summed E-state index contributed by atoms with van der Waals surface area (Å²) in [5.74, 6) is 0. The van der Waals surface area contributed by atoms with Gasteiger partial charge in [0.1, 0.15) is 0 Å². The van der Waals surface area contributed by atoms with Crippen LogP contribution in [-0.2, 0) is 18.1 Å². The lowest BCUT2D eigenvalue weighted by Crippen LogP contribution is -2.00. The average Bonchev–Trinajstić information content (AvgIpc) is 2.41. The third-order valence-corrected chi connectivity index (χ3v) is 4.41. The van der Waals surface area contributed by atoms with Crippen molar-refractivity contribution in [1.82, 2.24) is 0 Å². The molecule has 0 saturated carbocycles. The van der Waals surface area contributed by atoms with Gasteiger partial charge in [-0.25, -0.2) is 4.57 Å². The van der Waals surface area contributed by atoms with Crippen LogP contribution < -0.4 is 0 Å². The van der Waals surface area contributed by atoms with Crippen LogP contribution in [0.4, 0.5) is 0 Å². The molecule has 0 atom stereocenters. The number of unbranched alkanes of at least 4 members (excludes halogenated alkanes) is 6. The number of phosphoric acid groups is 1. The van der Waals surface area contributed by atoms with Gasteiger partial charge in [0.15, 0.2) is 0 Å². The molecule has 0 heterocycles. The van der Waals surface area contributed by atoms with Gasteiger partial charge in [-0.15, -0.1) is 0 Å². The fourth-order valence-electron chi connectivity index (χ4n) is 1.79. The van der Waals surface area contributed by atoms with Gasteiger partial charge in [0.05, 0.1) is 19.8 Å². The molecule has 0 unspecified atom stereocenters. The van der Waals surface area contributed by atoms with E-state index in [1.54, 1.807) is 13.8 Å². The maximum Gasteiger partial charge on any atom is 0.475 e. The van der Waals surface area contributed by atoms with Crippen LogP contribution in [0.2, 0.25) is 0 Å². The van der Waals surface area contributed by atoms with Crippen molar-refractivity contribution < 1.29 is 18.1 Å². The second-order valence-electron chi connectivity index (χ2n) is 4.61. The first-order chi connectivity index (χ1) is 9.68. The van der Waals surface area contributed by atoms with Crippen molar-refractivity contribution in [1.29, 1.82) is 0 Å². The summed E-state index contributed by atoms with van der Waals surface area (Å²) < 4.78 is 27.2. The summed E-state index contributed by atoms with van der Waals surface area (Å²) in [6.07, 6.45) is 12.8. The summed E-state index contributed by atoms with van der Waals surface area (Å²) in [7, 11) is -3.34. The predicted molar refractivity (Wildman–Crippen MR) is 83.9 cm³/mol. The van der Waals surface area contributed by atoms with Gasteiger partial charge in [-0.1, -0.05) is 51.2 Å². The molecule has 0 rings (SSSR count). The second kappa shape index (κ2) is 13.8. The second-order valence-corrected chi connectivity index (χ2v) is 6.28. The summed E-state index contributed by atoms with van der Waals surface area (Å²) in [5.41, 5.74) is 0. The van der Waals surface area contributed by atoms with Gasteiger partial charge in [0.25, 0.3) is 0 Å². The molecule has 0 radical (unpaired) electrons. The molecular formula is C15H31O4P. The topological polar surface area (TPSA) is 44.8 Å². The lowest BCUT2D eigenvalue weighted by Gasteiger charge is -2.14. The minimum Gasteiger partial charge on any atom is -0.287 e. The Balaban J connectivity index is 3.61. The summed E-state index contributed by atoms with van der Waals surface area (Å²) in [6.45, 7) is 6.67. The maximum atomic E-state index is 11.9. The summed E-state index contributed by atoms with van der Waals surface area (Å²) >= 11 is 0. The minimum absolute atomic E-state index is 0.271. The molecule has 0 aliphatic rings. The Kier molecular flexibility index (Phi) is 13.7. The maximum absolute atomic E-state index is 11.9. The SMILES string of the molecule is CCCCCCCC/C=C\COP(=O)(OCC)OCC. The number of hydrogen-bond donors (Lipinski definition) is 0. The Morgan fingerprint density at radius 3 is 2.00 bits per heavy atom. The Labute approximate surface area is 124 Å². The first-order valence-corrected chi connectivity index (χ1v) is 9.33. The van der Waals surface area contributed by atoms with Gasteiger partial charge >= 0.3 is 7.82 Å². The van der Waals surface area contributed by atoms with Gasteiger partial charge in [-0.2, -0.15) is 0 Å². The van der Waals surface area contributed by atoms with Crippen LogP contribution in [0.1, 0.15) is 65.7 Å².